The van der Waals surface area contributed by atoms with Crippen molar-refractivity contribution in [1.29, 1.82) is 0 Å². The number of benzene rings is 2. The van der Waals surface area contributed by atoms with Gasteiger partial charge >= 0.3 is 6.61 Å². The lowest BCUT2D eigenvalue weighted by atomic mass is 10.1. The molecule has 2 aromatic rings. The molecule has 0 radical (unpaired) electrons. The minimum atomic E-state index is -2.96. The Balaban J connectivity index is 1.60. The Hall–Kier alpha value is -2.53. The first-order valence-electron chi connectivity index (χ1n) is 8.57. The van der Waals surface area contributed by atoms with Crippen molar-refractivity contribution in [3.63, 3.8) is 0 Å². The van der Waals surface area contributed by atoms with Crippen LogP contribution in [0, 0.1) is 0 Å². The second-order valence-electron chi connectivity index (χ2n) is 5.89. The standard InChI is InChI=1S/C19H15F4N3O2S2/c20-17(21)28-14-4-2-1-3-12(14)10-24-26-19-25-16(27)15(30-19)9-11-5-7-13(8-6-11)29-18(22)23/h1-8,10,15,17-18H,9H2,(H,25,26,27). The quantitative estimate of drug-likeness (QED) is 0.269. The summed E-state index contributed by atoms with van der Waals surface area (Å²) in [5.41, 5.74) is 1.14. The van der Waals surface area contributed by atoms with E-state index in [4.69, 9.17) is 0 Å². The second kappa shape index (κ2) is 10.5. The summed E-state index contributed by atoms with van der Waals surface area (Å²) in [5.74, 6) is -2.77. The number of hydrogen-bond acceptors (Lipinski definition) is 6. The minimum Gasteiger partial charge on any atom is -0.434 e. The highest BCUT2D eigenvalue weighted by Gasteiger charge is 2.30. The number of alkyl halides is 4. The SMILES string of the molecule is O=C1N/C(=N/N=Cc2ccccc2OC(F)F)SC1Cc1ccc(SC(F)F)cc1. The predicted octanol–water partition coefficient (Wildman–Crippen LogP) is 4.77. The van der Waals surface area contributed by atoms with Gasteiger partial charge in [-0.15, -0.1) is 5.10 Å². The van der Waals surface area contributed by atoms with E-state index in [-0.39, 0.29) is 16.8 Å². The summed E-state index contributed by atoms with van der Waals surface area (Å²) in [5, 5.41) is 10.2. The van der Waals surface area contributed by atoms with Crippen molar-refractivity contribution >= 4 is 40.8 Å². The van der Waals surface area contributed by atoms with Gasteiger partial charge in [-0.05, 0) is 36.2 Å². The van der Waals surface area contributed by atoms with Gasteiger partial charge in [0.05, 0.1) is 11.5 Å². The molecular formula is C19H15F4N3O2S2. The molecule has 1 unspecified atom stereocenters. The van der Waals surface area contributed by atoms with Crippen LogP contribution in [0.2, 0.25) is 0 Å². The van der Waals surface area contributed by atoms with Gasteiger partial charge in [0.2, 0.25) is 5.91 Å². The van der Waals surface area contributed by atoms with Gasteiger partial charge in [0.1, 0.15) is 5.75 Å². The fraction of sp³-hybridized carbons (Fsp3) is 0.211. The van der Waals surface area contributed by atoms with Gasteiger partial charge in [0.25, 0.3) is 5.76 Å². The molecule has 1 N–H and O–H groups in total. The zero-order valence-corrected chi connectivity index (χ0v) is 16.8. The van der Waals surface area contributed by atoms with Gasteiger partial charge in [0.15, 0.2) is 5.17 Å². The van der Waals surface area contributed by atoms with Gasteiger partial charge in [-0.25, -0.2) is 0 Å². The van der Waals surface area contributed by atoms with Crippen LogP contribution in [-0.2, 0) is 11.2 Å². The molecule has 0 aliphatic carbocycles. The Morgan fingerprint density at radius 3 is 2.57 bits per heavy atom. The molecule has 1 fully saturated rings. The smallest absolute Gasteiger partial charge is 0.387 e. The molecule has 0 spiro atoms. The fourth-order valence-corrected chi connectivity index (χ4v) is 4.01. The van der Waals surface area contributed by atoms with Gasteiger partial charge in [-0.1, -0.05) is 47.8 Å². The van der Waals surface area contributed by atoms with Crippen LogP contribution in [0.5, 0.6) is 5.75 Å². The summed E-state index contributed by atoms with van der Waals surface area (Å²) < 4.78 is 54.0. The van der Waals surface area contributed by atoms with Gasteiger partial charge < -0.3 is 10.1 Å². The molecule has 0 saturated carbocycles. The first-order valence-corrected chi connectivity index (χ1v) is 10.3. The van der Waals surface area contributed by atoms with Crippen LogP contribution in [0.25, 0.3) is 0 Å². The van der Waals surface area contributed by atoms with Crippen LogP contribution in [0.3, 0.4) is 0 Å². The van der Waals surface area contributed by atoms with Crippen LogP contribution < -0.4 is 10.1 Å². The first kappa shape index (κ1) is 22.2. The largest absolute Gasteiger partial charge is 0.434 e. The van der Waals surface area contributed by atoms with Gasteiger partial charge in [-0.3, -0.25) is 4.79 Å². The van der Waals surface area contributed by atoms with Crippen molar-refractivity contribution in [3.8, 4) is 5.75 Å². The number of ether oxygens (including phenoxy) is 1. The molecule has 158 valence electrons. The van der Waals surface area contributed by atoms with Crippen LogP contribution in [0.15, 0.2) is 63.6 Å². The van der Waals surface area contributed by atoms with Crippen LogP contribution in [-0.4, -0.2) is 34.9 Å². The number of amidine groups is 1. The summed E-state index contributed by atoms with van der Waals surface area (Å²) in [7, 11) is 0. The number of nitrogens with zero attached hydrogens (tertiary/aromatic N) is 2. The number of amides is 1. The summed E-state index contributed by atoms with van der Waals surface area (Å²) in [4.78, 5) is 12.6. The molecule has 5 nitrogen and oxygen atoms in total. The van der Waals surface area contributed by atoms with E-state index in [0.29, 0.717) is 28.6 Å². The molecule has 11 heteroatoms. The average molecular weight is 457 g/mol. The lowest BCUT2D eigenvalue weighted by molar-refractivity contribution is -0.118. The Morgan fingerprint density at radius 1 is 1.13 bits per heavy atom. The van der Waals surface area contributed by atoms with E-state index in [1.54, 1.807) is 42.5 Å². The number of thioether (sulfide) groups is 2. The number of para-hydroxylation sites is 1. The summed E-state index contributed by atoms with van der Waals surface area (Å²) in [6.07, 6.45) is 1.65. The van der Waals surface area contributed by atoms with E-state index in [2.05, 4.69) is 20.3 Å². The highest BCUT2D eigenvalue weighted by atomic mass is 32.2. The third-order valence-corrected chi connectivity index (χ3v) is 5.62. The lowest BCUT2D eigenvalue weighted by Crippen LogP contribution is -2.25. The van der Waals surface area contributed by atoms with Crippen molar-refractivity contribution in [2.45, 2.75) is 28.9 Å². The van der Waals surface area contributed by atoms with Crippen molar-refractivity contribution in [2.24, 2.45) is 10.2 Å². The highest BCUT2D eigenvalue weighted by molar-refractivity contribution is 8.15. The molecule has 3 rings (SSSR count). The number of carbonyl (C=O) groups excluding carboxylic acids is 1. The molecular weight excluding hydrogens is 442 g/mol. The van der Waals surface area contributed by atoms with E-state index in [9.17, 15) is 22.4 Å². The molecule has 30 heavy (non-hydrogen) atoms. The Kier molecular flexibility index (Phi) is 7.75. The maximum absolute atomic E-state index is 12.4. The average Bonchev–Trinajstić information content (AvgIpc) is 3.03. The third kappa shape index (κ3) is 6.49. The molecule has 1 aliphatic rings. The number of rotatable bonds is 8. The maximum Gasteiger partial charge on any atom is 0.387 e. The third-order valence-electron chi connectivity index (χ3n) is 3.83. The maximum atomic E-state index is 12.4. The second-order valence-corrected chi connectivity index (χ2v) is 8.14. The molecule has 1 amide bonds. The van der Waals surface area contributed by atoms with Crippen molar-refractivity contribution in [3.05, 3.63) is 59.7 Å². The molecule has 0 bridgehead atoms. The monoisotopic (exact) mass is 457 g/mol. The van der Waals surface area contributed by atoms with Crippen LogP contribution >= 0.6 is 23.5 Å². The van der Waals surface area contributed by atoms with Crippen LogP contribution in [0.1, 0.15) is 11.1 Å². The highest BCUT2D eigenvalue weighted by Crippen LogP contribution is 2.27. The van der Waals surface area contributed by atoms with Crippen LogP contribution in [0.4, 0.5) is 17.6 Å². The number of hydrogen-bond donors (Lipinski definition) is 1. The van der Waals surface area contributed by atoms with Gasteiger partial charge in [-0.2, -0.15) is 22.7 Å². The van der Waals surface area contributed by atoms with E-state index < -0.39 is 17.6 Å². The molecule has 1 aliphatic heterocycles. The zero-order chi connectivity index (χ0) is 21.5. The lowest BCUT2D eigenvalue weighted by Gasteiger charge is -2.06. The normalized spacial score (nSPS) is 18.0. The fourth-order valence-electron chi connectivity index (χ4n) is 2.54. The Bertz CT molecular complexity index is 940. The minimum absolute atomic E-state index is 0.0362. The molecule has 0 aromatic heterocycles. The number of halogens is 4. The van der Waals surface area contributed by atoms with Crippen molar-refractivity contribution in [1.82, 2.24) is 5.32 Å². The summed E-state index contributed by atoms with van der Waals surface area (Å²) in [6.45, 7) is -2.96. The molecule has 1 heterocycles. The molecule has 2 aromatic carbocycles. The summed E-state index contributed by atoms with van der Waals surface area (Å²) >= 11 is 1.64. The molecule has 1 atom stereocenters. The first-order chi connectivity index (χ1) is 14.4. The Labute approximate surface area is 178 Å². The molecule has 1 saturated heterocycles. The Morgan fingerprint density at radius 2 is 1.87 bits per heavy atom. The summed E-state index contributed by atoms with van der Waals surface area (Å²) in [6, 6.07) is 12.7. The van der Waals surface area contributed by atoms with E-state index >= 15 is 0 Å². The van der Waals surface area contributed by atoms with E-state index in [1.165, 1.54) is 24.0 Å². The topological polar surface area (TPSA) is 63.0 Å². The van der Waals surface area contributed by atoms with E-state index in [1.807, 2.05) is 0 Å². The number of carbonyl (C=O) groups is 1. The number of nitrogens with one attached hydrogen (secondary N) is 1. The van der Waals surface area contributed by atoms with E-state index in [0.717, 1.165) is 5.56 Å². The van der Waals surface area contributed by atoms with Gasteiger partial charge in [0, 0.05) is 10.5 Å². The zero-order valence-electron chi connectivity index (χ0n) is 15.2. The predicted molar refractivity (Wildman–Crippen MR) is 110 cm³/mol. The van der Waals surface area contributed by atoms with Crippen molar-refractivity contribution < 1.29 is 27.1 Å². The van der Waals surface area contributed by atoms with Crippen molar-refractivity contribution in [2.75, 3.05) is 0 Å².